The topological polar surface area (TPSA) is 47.6 Å². The summed E-state index contributed by atoms with van der Waals surface area (Å²) >= 11 is 0. The van der Waals surface area contributed by atoms with E-state index in [0.717, 1.165) is 12.8 Å². The number of hydrogen-bond acceptors (Lipinski definition) is 3. The van der Waals surface area contributed by atoms with Crippen LogP contribution in [0.15, 0.2) is 35.3 Å². The van der Waals surface area contributed by atoms with Crippen molar-refractivity contribution in [2.75, 3.05) is 6.61 Å². The zero-order valence-corrected chi connectivity index (χ0v) is 8.94. The minimum atomic E-state index is -0.147. The van der Waals surface area contributed by atoms with Crippen molar-refractivity contribution in [3.05, 3.63) is 35.9 Å². The molecule has 1 aliphatic rings. The Labute approximate surface area is 90.0 Å². The van der Waals surface area contributed by atoms with Crippen LogP contribution < -0.4 is 5.73 Å². The lowest BCUT2D eigenvalue weighted by atomic mass is 9.90. The van der Waals surface area contributed by atoms with Gasteiger partial charge in [-0.05, 0) is 12.0 Å². The van der Waals surface area contributed by atoms with Crippen LogP contribution in [-0.2, 0) is 11.2 Å². The lowest BCUT2D eigenvalue weighted by Crippen LogP contribution is -2.30. The molecule has 0 bridgehead atoms. The molecule has 1 aliphatic heterocycles. The zero-order chi connectivity index (χ0) is 10.7. The molecule has 0 spiro atoms. The van der Waals surface area contributed by atoms with E-state index in [1.54, 1.807) is 0 Å². The monoisotopic (exact) mass is 204 g/mol. The SMILES string of the molecule is CCC1(Cc2ccccc2)COC(N)=N1. The Bertz CT molecular complexity index is 361. The van der Waals surface area contributed by atoms with Crippen molar-refractivity contribution in [2.24, 2.45) is 10.7 Å². The Morgan fingerprint density at radius 2 is 2.13 bits per heavy atom. The molecule has 1 atom stereocenters. The van der Waals surface area contributed by atoms with Crippen LogP contribution >= 0.6 is 0 Å². The van der Waals surface area contributed by atoms with Gasteiger partial charge in [0.25, 0.3) is 6.02 Å². The maximum Gasteiger partial charge on any atom is 0.282 e. The van der Waals surface area contributed by atoms with Crippen molar-refractivity contribution in [3.63, 3.8) is 0 Å². The summed E-state index contributed by atoms with van der Waals surface area (Å²) in [6.07, 6.45) is 1.84. The van der Waals surface area contributed by atoms with Crippen LogP contribution in [-0.4, -0.2) is 18.2 Å². The van der Waals surface area contributed by atoms with Crippen LogP contribution in [0, 0.1) is 0 Å². The molecule has 1 unspecified atom stereocenters. The van der Waals surface area contributed by atoms with Gasteiger partial charge >= 0.3 is 0 Å². The van der Waals surface area contributed by atoms with E-state index in [4.69, 9.17) is 10.5 Å². The summed E-state index contributed by atoms with van der Waals surface area (Å²) in [6, 6.07) is 10.7. The van der Waals surface area contributed by atoms with Crippen molar-refractivity contribution in [1.82, 2.24) is 0 Å². The molecular formula is C12H16N2O. The summed E-state index contributed by atoms with van der Waals surface area (Å²) in [6.45, 7) is 2.72. The predicted molar refractivity (Wildman–Crippen MR) is 60.7 cm³/mol. The Hall–Kier alpha value is -1.51. The van der Waals surface area contributed by atoms with Crippen molar-refractivity contribution >= 4 is 6.02 Å². The second kappa shape index (κ2) is 3.93. The number of hydrogen-bond donors (Lipinski definition) is 1. The number of amidine groups is 1. The predicted octanol–water partition coefficient (Wildman–Crippen LogP) is 1.72. The smallest absolute Gasteiger partial charge is 0.282 e. The number of rotatable bonds is 3. The van der Waals surface area contributed by atoms with Gasteiger partial charge in [-0.1, -0.05) is 37.3 Å². The highest BCUT2D eigenvalue weighted by Crippen LogP contribution is 2.26. The van der Waals surface area contributed by atoms with Gasteiger partial charge in [-0.25, -0.2) is 4.99 Å². The van der Waals surface area contributed by atoms with Gasteiger partial charge in [-0.15, -0.1) is 0 Å². The molecule has 2 N–H and O–H groups in total. The van der Waals surface area contributed by atoms with Crippen molar-refractivity contribution in [1.29, 1.82) is 0 Å². The van der Waals surface area contributed by atoms with Gasteiger partial charge in [-0.2, -0.15) is 0 Å². The minimum absolute atomic E-state index is 0.147. The quantitative estimate of drug-likeness (QED) is 0.815. The second-order valence-corrected chi connectivity index (χ2v) is 3.98. The van der Waals surface area contributed by atoms with Gasteiger partial charge in [0.05, 0.1) is 0 Å². The zero-order valence-electron chi connectivity index (χ0n) is 8.94. The summed E-state index contributed by atoms with van der Waals surface area (Å²) < 4.78 is 5.26. The van der Waals surface area contributed by atoms with E-state index in [0.29, 0.717) is 12.6 Å². The summed E-state index contributed by atoms with van der Waals surface area (Å²) in [4.78, 5) is 4.41. The molecule has 1 aromatic carbocycles. The largest absolute Gasteiger partial charge is 0.463 e. The molecule has 80 valence electrons. The second-order valence-electron chi connectivity index (χ2n) is 3.98. The van der Waals surface area contributed by atoms with E-state index in [1.807, 2.05) is 18.2 Å². The van der Waals surface area contributed by atoms with Crippen LogP contribution in [0.2, 0.25) is 0 Å². The lowest BCUT2D eigenvalue weighted by molar-refractivity contribution is 0.245. The molecule has 3 heteroatoms. The highest BCUT2D eigenvalue weighted by molar-refractivity contribution is 5.73. The molecule has 1 aromatic rings. The van der Waals surface area contributed by atoms with E-state index in [2.05, 4.69) is 24.0 Å². The minimum Gasteiger partial charge on any atom is -0.463 e. The van der Waals surface area contributed by atoms with Crippen LogP contribution in [0.5, 0.6) is 0 Å². The fourth-order valence-electron chi connectivity index (χ4n) is 1.88. The molecule has 0 fully saturated rings. The van der Waals surface area contributed by atoms with Gasteiger partial charge in [0.2, 0.25) is 0 Å². The third-order valence-corrected chi connectivity index (χ3v) is 2.87. The summed E-state index contributed by atoms with van der Waals surface area (Å²) in [7, 11) is 0. The van der Waals surface area contributed by atoms with Gasteiger partial charge in [0, 0.05) is 6.42 Å². The standard InChI is InChI=1S/C12H16N2O/c1-2-12(9-15-11(13)14-12)8-10-6-4-3-5-7-10/h3-7H,2,8-9H2,1H3,(H2,13,14). The molecular weight excluding hydrogens is 188 g/mol. The Morgan fingerprint density at radius 3 is 2.67 bits per heavy atom. The molecule has 0 saturated heterocycles. The fourth-order valence-corrected chi connectivity index (χ4v) is 1.88. The maximum atomic E-state index is 5.57. The third-order valence-electron chi connectivity index (χ3n) is 2.87. The molecule has 1 heterocycles. The molecule has 0 saturated carbocycles. The molecule has 0 radical (unpaired) electrons. The lowest BCUT2D eigenvalue weighted by Gasteiger charge is -2.21. The first kappa shape index (κ1) is 10.0. The highest BCUT2D eigenvalue weighted by atomic mass is 16.5. The molecule has 0 aliphatic carbocycles. The van der Waals surface area contributed by atoms with Gasteiger partial charge < -0.3 is 10.5 Å². The average molecular weight is 204 g/mol. The van der Waals surface area contributed by atoms with Gasteiger partial charge in [-0.3, -0.25) is 0 Å². The third kappa shape index (κ3) is 2.12. The van der Waals surface area contributed by atoms with Crippen molar-refractivity contribution in [3.8, 4) is 0 Å². The van der Waals surface area contributed by atoms with E-state index >= 15 is 0 Å². The van der Waals surface area contributed by atoms with Gasteiger partial charge in [0.1, 0.15) is 12.1 Å². The van der Waals surface area contributed by atoms with E-state index in [-0.39, 0.29) is 5.54 Å². The molecule has 0 amide bonds. The summed E-state index contributed by atoms with van der Waals surface area (Å²) in [5.74, 6) is 0. The number of aliphatic imine (C=N–C) groups is 1. The first-order valence-electron chi connectivity index (χ1n) is 5.26. The Kier molecular flexibility index (Phi) is 2.62. The van der Waals surface area contributed by atoms with Crippen LogP contribution in [0.25, 0.3) is 0 Å². The molecule has 0 aromatic heterocycles. The van der Waals surface area contributed by atoms with Crippen LogP contribution in [0.4, 0.5) is 0 Å². The average Bonchev–Trinajstić information content (AvgIpc) is 2.62. The van der Waals surface area contributed by atoms with Crippen molar-refractivity contribution in [2.45, 2.75) is 25.3 Å². The number of ether oxygens (including phenoxy) is 1. The number of nitrogens with two attached hydrogens (primary N) is 1. The summed E-state index contributed by atoms with van der Waals surface area (Å²) in [5, 5.41) is 0. The molecule has 3 nitrogen and oxygen atoms in total. The number of nitrogens with zero attached hydrogens (tertiary/aromatic N) is 1. The normalized spacial score (nSPS) is 24.7. The van der Waals surface area contributed by atoms with Crippen LogP contribution in [0.3, 0.4) is 0 Å². The van der Waals surface area contributed by atoms with Gasteiger partial charge in [0.15, 0.2) is 0 Å². The van der Waals surface area contributed by atoms with E-state index in [1.165, 1.54) is 5.56 Å². The van der Waals surface area contributed by atoms with Crippen LogP contribution in [0.1, 0.15) is 18.9 Å². The van der Waals surface area contributed by atoms with E-state index in [9.17, 15) is 0 Å². The Morgan fingerprint density at radius 1 is 1.40 bits per heavy atom. The summed E-state index contributed by atoms with van der Waals surface area (Å²) in [5.41, 5.74) is 6.70. The Balaban J connectivity index is 2.16. The van der Waals surface area contributed by atoms with Crippen molar-refractivity contribution < 1.29 is 4.74 Å². The molecule has 15 heavy (non-hydrogen) atoms. The molecule has 2 rings (SSSR count). The number of benzene rings is 1. The maximum absolute atomic E-state index is 5.57. The first-order valence-corrected chi connectivity index (χ1v) is 5.26. The van der Waals surface area contributed by atoms with E-state index < -0.39 is 0 Å². The highest BCUT2D eigenvalue weighted by Gasteiger charge is 2.34. The fraction of sp³-hybridized carbons (Fsp3) is 0.417. The first-order chi connectivity index (χ1) is 7.24.